The summed E-state index contributed by atoms with van der Waals surface area (Å²) in [5, 5.41) is 0. The van der Waals surface area contributed by atoms with Crippen LogP contribution in [0.3, 0.4) is 0 Å². The molecule has 2 aliphatic carbocycles. The summed E-state index contributed by atoms with van der Waals surface area (Å²) in [6, 6.07) is 0.102. The van der Waals surface area contributed by atoms with Gasteiger partial charge in [0, 0.05) is 18.9 Å². The fraction of sp³-hybridized carbons (Fsp3) is 1.00. The summed E-state index contributed by atoms with van der Waals surface area (Å²) in [5.41, 5.74) is 5.46. The van der Waals surface area contributed by atoms with Crippen LogP contribution in [-0.2, 0) is 0 Å². The number of rotatable bonds is 0. The summed E-state index contributed by atoms with van der Waals surface area (Å²) in [7, 11) is 0. The van der Waals surface area contributed by atoms with Crippen molar-refractivity contribution in [2.75, 3.05) is 0 Å². The first-order valence-corrected chi connectivity index (χ1v) is 3.23. The molecule has 0 heterocycles. The van der Waals surface area contributed by atoms with E-state index in [1.54, 1.807) is 0 Å². The van der Waals surface area contributed by atoms with E-state index in [0.717, 1.165) is 0 Å². The number of hydrogen-bond donors (Lipinski definition) is 1. The van der Waals surface area contributed by atoms with Crippen molar-refractivity contribution in [3.8, 4) is 0 Å². The minimum atomic E-state index is -2.38. The predicted octanol–water partition coefficient (Wildman–Crippen LogP) is 1.41. The summed E-state index contributed by atoms with van der Waals surface area (Å²) in [6.45, 7) is 0. The lowest BCUT2D eigenvalue weighted by Gasteiger charge is -2.10. The van der Waals surface area contributed by atoms with Crippen LogP contribution in [-0.4, -0.2) is 12.0 Å². The van der Waals surface area contributed by atoms with Gasteiger partial charge in [0.2, 0.25) is 5.92 Å². The zero-order valence-electron chi connectivity index (χ0n) is 5.39. The second kappa shape index (κ2) is 2.05. The van der Waals surface area contributed by atoms with Crippen LogP contribution in [0.15, 0.2) is 0 Å². The first-order valence-electron chi connectivity index (χ1n) is 3.23. The Morgan fingerprint density at radius 3 is 1.90 bits per heavy atom. The lowest BCUT2D eigenvalue weighted by Crippen LogP contribution is -2.19. The van der Waals surface area contributed by atoms with Gasteiger partial charge in [0.25, 0.3) is 0 Å². The van der Waals surface area contributed by atoms with Crippen LogP contribution in [0.1, 0.15) is 12.8 Å². The Morgan fingerprint density at radius 1 is 1.20 bits per heavy atom. The average Bonchev–Trinajstić information content (AvgIpc) is 2.26. The highest BCUT2D eigenvalue weighted by molar-refractivity contribution is 5.85. The molecular formula is C6H10ClF2N. The number of nitrogens with two attached hydrogens (primary N) is 1. The zero-order valence-corrected chi connectivity index (χ0v) is 6.20. The minimum Gasteiger partial charge on any atom is -0.327 e. The lowest BCUT2D eigenvalue weighted by molar-refractivity contribution is -0.00506. The number of alkyl halides is 2. The van der Waals surface area contributed by atoms with Crippen LogP contribution in [0.5, 0.6) is 0 Å². The van der Waals surface area contributed by atoms with Crippen LogP contribution in [0.25, 0.3) is 0 Å². The molecule has 0 radical (unpaired) electrons. The normalized spacial score (nSPS) is 47.7. The molecule has 0 amide bonds. The van der Waals surface area contributed by atoms with Gasteiger partial charge in [0.1, 0.15) is 0 Å². The zero-order chi connectivity index (χ0) is 6.65. The van der Waals surface area contributed by atoms with Crippen LogP contribution < -0.4 is 5.73 Å². The van der Waals surface area contributed by atoms with Gasteiger partial charge < -0.3 is 5.73 Å². The molecule has 0 unspecified atom stereocenters. The van der Waals surface area contributed by atoms with Gasteiger partial charge in [0.15, 0.2) is 0 Å². The highest BCUT2D eigenvalue weighted by Gasteiger charge is 2.61. The molecule has 0 aromatic carbocycles. The molecule has 0 aromatic rings. The topological polar surface area (TPSA) is 26.0 Å². The summed E-state index contributed by atoms with van der Waals surface area (Å²) in [6.07, 6.45) is 0.0810. The van der Waals surface area contributed by atoms with Gasteiger partial charge in [-0.15, -0.1) is 12.4 Å². The third-order valence-electron chi connectivity index (χ3n) is 2.47. The van der Waals surface area contributed by atoms with E-state index in [1.165, 1.54) is 0 Å². The van der Waals surface area contributed by atoms with Crippen molar-refractivity contribution in [1.29, 1.82) is 0 Å². The fourth-order valence-electron chi connectivity index (χ4n) is 1.82. The molecule has 60 valence electrons. The summed E-state index contributed by atoms with van der Waals surface area (Å²) >= 11 is 0. The summed E-state index contributed by atoms with van der Waals surface area (Å²) in [4.78, 5) is 0. The molecule has 4 heteroatoms. The van der Waals surface area contributed by atoms with Crippen molar-refractivity contribution in [3.63, 3.8) is 0 Å². The molecule has 10 heavy (non-hydrogen) atoms. The first-order chi connectivity index (χ1) is 4.10. The Labute approximate surface area is 64.4 Å². The average molecular weight is 170 g/mol. The standard InChI is InChI=1S/C6H9F2N.ClH/c7-6(8)1-3-4(2-6)5(3)9;/h3-5H,1-2,9H2;1H/t3-,4+,5+;. The van der Waals surface area contributed by atoms with Crippen LogP contribution in [0.2, 0.25) is 0 Å². The second-order valence-electron chi connectivity index (χ2n) is 3.17. The maximum atomic E-state index is 12.3. The van der Waals surface area contributed by atoms with Crippen LogP contribution in [0, 0.1) is 11.8 Å². The fourth-order valence-corrected chi connectivity index (χ4v) is 1.82. The third kappa shape index (κ3) is 1.01. The molecule has 2 aliphatic rings. The van der Waals surface area contributed by atoms with Gasteiger partial charge in [-0.25, -0.2) is 8.78 Å². The molecule has 0 saturated heterocycles. The van der Waals surface area contributed by atoms with Gasteiger partial charge in [-0.2, -0.15) is 0 Å². The predicted molar refractivity (Wildman–Crippen MR) is 36.4 cm³/mol. The van der Waals surface area contributed by atoms with E-state index in [1.807, 2.05) is 0 Å². The highest BCUT2D eigenvalue weighted by atomic mass is 35.5. The summed E-state index contributed by atoms with van der Waals surface area (Å²) in [5.74, 6) is -2.08. The Hall–Kier alpha value is 0.110. The number of hydrogen-bond acceptors (Lipinski definition) is 1. The van der Waals surface area contributed by atoms with Crippen molar-refractivity contribution >= 4 is 12.4 Å². The maximum Gasteiger partial charge on any atom is 0.248 e. The molecule has 2 N–H and O–H groups in total. The van der Waals surface area contributed by atoms with E-state index in [-0.39, 0.29) is 43.1 Å². The molecule has 2 rings (SSSR count). The van der Waals surface area contributed by atoms with Gasteiger partial charge in [-0.3, -0.25) is 0 Å². The second-order valence-corrected chi connectivity index (χ2v) is 3.17. The van der Waals surface area contributed by atoms with Crippen LogP contribution in [0.4, 0.5) is 8.78 Å². The molecule has 0 aromatic heterocycles. The monoisotopic (exact) mass is 169 g/mol. The van der Waals surface area contributed by atoms with Gasteiger partial charge in [-0.1, -0.05) is 0 Å². The maximum absolute atomic E-state index is 12.3. The Bertz CT molecular complexity index is 137. The Balaban J connectivity index is 0.000000500. The third-order valence-corrected chi connectivity index (χ3v) is 2.47. The van der Waals surface area contributed by atoms with Crippen molar-refractivity contribution in [2.24, 2.45) is 17.6 Å². The molecule has 0 bridgehead atoms. The van der Waals surface area contributed by atoms with Crippen LogP contribution >= 0.6 is 12.4 Å². The number of fused-ring (bicyclic) bond motifs is 1. The Morgan fingerprint density at radius 2 is 1.60 bits per heavy atom. The molecule has 2 fully saturated rings. The highest BCUT2D eigenvalue weighted by Crippen LogP contribution is 2.56. The quantitative estimate of drug-likeness (QED) is 0.583. The molecule has 3 atom stereocenters. The summed E-state index contributed by atoms with van der Waals surface area (Å²) < 4.78 is 24.7. The van der Waals surface area contributed by atoms with Gasteiger partial charge in [0.05, 0.1) is 0 Å². The first kappa shape index (κ1) is 8.21. The molecule has 2 saturated carbocycles. The smallest absolute Gasteiger partial charge is 0.248 e. The molecule has 0 aliphatic heterocycles. The van der Waals surface area contributed by atoms with Gasteiger partial charge in [-0.05, 0) is 11.8 Å². The van der Waals surface area contributed by atoms with E-state index in [9.17, 15) is 8.78 Å². The molecule has 0 spiro atoms. The SMILES string of the molecule is Cl.N[C@@H]1[C@H]2CC(F)(F)C[C@@H]12. The van der Waals surface area contributed by atoms with Gasteiger partial charge >= 0.3 is 0 Å². The van der Waals surface area contributed by atoms with Crippen molar-refractivity contribution < 1.29 is 8.78 Å². The van der Waals surface area contributed by atoms with E-state index >= 15 is 0 Å². The van der Waals surface area contributed by atoms with E-state index < -0.39 is 5.92 Å². The molecule has 1 nitrogen and oxygen atoms in total. The van der Waals surface area contributed by atoms with Crippen molar-refractivity contribution in [3.05, 3.63) is 0 Å². The largest absolute Gasteiger partial charge is 0.327 e. The van der Waals surface area contributed by atoms with E-state index in [2.05, 4.69) is 0 Å². The minimum absolute atomic E-state index is 0. The lowest BCUT2D eigenvalue weighted by atomic mass is 10.2. The molecular weight excluding hydrogens is 160 g/mol. The van der Waals surface area contributed by atoms with Crippen molar-refractivity contribution in [1.82, 2.24) is 0 Å². The van der Waals surface area contributed by atoms with E-state index in [4.69, 9.17) is 5.73 Å². The number of halogens is 3. The Kier molecular flexibility index (Phi) is 1.68. The van der Waals surface area contributed by atoms with E-state index in [0.29, 0.717) is 0 Å². The van der Waals surface area contributed by atoms with Crippen molar-refractivity contribution in [2.45, 2.75) is 24.8 Å².